The van der Waals surface area contributed by atoms with Gasteiger partial charge in [0.2, 0.25) is 5.91 Å². The van der Waals surface area contributed by atoms with E-state index in [0.717, 1.165) is 27.3 Å². The molecule has 1 aromatic heterocycles. The van der Waals surface area contributed by atoms with Gasteiger partial charge in [0.05, 0.1) is 15.2 Å². The molecule has 0 aliphatic rings. The van der Waals surface area contributed by atoms with Crippen LogP contribution in [0, 0.1) is 18.8 Å². The highest BCUT2D eigenvalue weighted by molar-refractivity contribution is 7.18. The van der Waals surface area contributed by atoms with Crippen molar-refractivity contribution < 1.29 is 4.79 Å². The minimum Gasteiger partial charge on any atom is -0.330 e. The lowest BCUT2D eigenvalue weighted by molar-refractivity contribution is -0.117. The predicted molar refractivity (Wildman–Crippen MR) is 89.6 cm³/mol. The van der Waals surface area contributed by atoms with Crippen molar-refractivity contribution in [1.82, 2.24) is 4.98 Å². The molecule has 0 aliphatic carbocycles. The van der Waals surface area contributed by atoms with Crippen LogP contribution >= 0.6 is 11.3 Å². The number of benzene rings is 1. The predicted octanol–water partition coefficient (Wildman–Crippen LogP) is 3.55. The Morgan fingerprint density at radius 3 is 2.86 bits per heavy atom. The van der Waals surface area contributed by atoms with Gasteiger partial charge in [-0.2, -0.15) is 0 Å². The molecular formula is C16H23N3OS. The van der Waals surface area contributed by atoms with Crippen molar-refractivity contribution in [3.05, 3.63) is 23.2 Å². The summed E-state index contributed by atoms with van der Waals surface area (Å²) in [5.41, 5.74) is 7.56. The van der Waals surface area contributed by atoms with Crippen LogP contribution in [0.25, 0.3) is 10.2 Å². The second kappa shape index (κ2) is 7.00. The van der Waals surface area contributed by atoms with Gasteiger partial charge < -0.3 is 11.1 Å². The number of aryl methyl sites for hydroxylation is 1. The Hall–Kier alpha value is -1.46. The highest BCUT2D eigenvalue weighted by Gasteiger charge is 2.14. The lowest BCUT2D eigenvalue weighted by Crippen LogP contribution is -2.23. The Balaban J connectivity index is 2.00. The number of nitrogens with zero attached hydrogens (tertiary/aromatic N) is 1. The monoisotopic (exact) mass is 305 g/mol. The molecule has 0 fully saturated rings. The van der Waals surface area contributed by atoms with Crippen LogP contribution in [-0.4, -0.2) is 17.4 Å². The molecule has 0 saturated carbocycles. The topological polar surface area (TPSA) is 68.0 Å². The van der Waals surface area contributed by atoms with Crippen LogP contribution in [0.1, 0.15) is 31.7 Å². The van der Waals surface area contributed by atoms with Gasteiger partial charge >= 0.3 is 0 Å². The van der Waals surface area contributed by atoms with E-state index in [0.29, 0.717) is 18.9 Å². The van der Waals surface area contributed by atoms with Gasteiger partial charge in [-0.3, -0.25) is 4.79 Å². The number of rotatable bonds is 6. The number of aromatic nitrogens is 1. The number of nitrogens with two attached hydrogens (primary N) is 1. The number of nitrogens with one attached hydrogen (secondary N) is 1. The summed E-state index contributed by atoms with van der Waals surface area (Å²) >= 11 is 1.64. The molecule has 0 saturated heterocycles. The molecule has 0 bridgehead atoms. The summed E-state index contributed by atoms with van der Waals surface area (Å²) in [5.74, 6) is 0.842. The quantitative estimate of drug-likeness (QED) is 0.857. The number of hydrogen-bond donors (Lipinski definition) is 2. The molecule has 1 atom stereocenters. The van der Waals surface area contributed by atoms with Crippen molar-refractivity contribution in [2.45, 2.75) is 33.6 Å². The number of thiazole rings is 1. The van der Waals surface area contributed by atoms with E-state index in [1.807, 2.05) is 25.1 Å². The average molecular weight is 305 g/mol. The summed E-state index contributed by atoms with van der Waals surface area (Å²) in [4.78, 5) is 16.5. The third kappa shape index (κ3) is 4.51. The summed E-state index contributed by atoms with van der Waals surface area (Å²) in [7, 11) is 0. The molecule has 3 N–H and O–H groups in total. The first-order valence-electron chi connectivity index (χ1n) is 7.35. The fraction of sp³-hybridized carbons (Fsp3) is 0.500. The molecule has 2 aromatic rings. The highest BCUT2D eigenvalue weighted by atomic mass is 32.1. The maximum absolute atomic E-state index is 12.1. The normalized spacial score (nSPS) is 12.8. The van der Waals surface area contributed by atoms with Crippen molar-refractivity contribution in [3.8, 4) is 0 Å². The van der Waals surface area contributed by atoms with Crippen LogP contribution in [-0.2, 0) is 4.79 Å². The van der Waals surface area contributed by atoms with E-state index >= 15 is 0 Å². The largest absolute Gasteiger partial charge is 0.330 e. The zero-order valence-corrected chi connectivity index (χ0v) is 13.7. The van der Waals surface area contributed by atoms with Gasteiger partial charge in [-0.25, -0.2) is 4.98 Å². The van der Waals surface area contributed by atoms with Crippen molar-refractivity contribution in [2.24, 2.45) is 17.6 Å². The lowest BCUT2D eigenvalue weighted by atomic mass is 9.94. The third-order valence-electron chi connectivity index (χ3n) is 3.39. The van der Waals surface area contributed by atoms with Gasteiger partial charge in [-0.05, 0) is 49.9 Å². The van der Waals surface area contributed by atoms with Crippen molar-refractivity contribution in [2.75, 3.05) is 11.9 Å². The molecule has 0 spiro atoms. The molecule has 1 heterocycles. The van der Waals surface area contributed by atoms with E-state index < -0.39 is 0 Å². The highest BCUT2D eigenvalue weighted by Crippen LogP contribution is 2.25. The van der Waals surface area contributed by atoms with Crippen LogP contribution in [0.4, 0.5) is 5.69 Å². The Morgan fingerprint density at radius 1 is 1.43 bits per heavy atom. The molecule has 2 rings (SSSR count). The number of carbonyl (C=O) groups excluding carboxylic acids is 1. The Morgan fingerprint density at radius 2 is 2.19 bits per heavy atom. The Kier molecular flexibility index (Phi) is 5.31. The number of hydrogen-bond acceptors (Lipinski definition) is 4. The van der Waals surface area contributed by atoms with Gasteiger partial charge in [0.15, 0.2) is 0 Å². The second-order valence-corrected chi connectivity index (χ2v) is 7.13. The smallest absolute Gasteiger partial charge is 0.224 e. The maximum atomic E-state index is 12.1. The molecular weight excluding hydrogens is 282 g/mol. The van der Waals surface area contributed by atoms with E-state index in [2.05, 4.69) is 24.1 Å². The average Bonchev–Trinajstić information content (AvgIpc) is 2.76. The van der Waals surface area contributed by atoms with Crippen LogP contribution in [0.15, 0.2) is 18.2 Å². The fourth-order valence-corrected chi connectivity index (χ4v) is 3.39. The van der Waals surface area contributed by atoms with E-state index in [1.54, 1.807) is 11.3 Å². The number of anilines is 1. The fourth-order valence-electron chi connectivity index (χ4n) is 2.52. The summed E-state index contributed by atoms with van der Waals surface area (Å²) in [6.45, 7) is 6.85. The molecule has 1 aromatic carbocycles. The zero-order chi connectivity index (χ0) is 15.4. The van der Waals surface area contributed by atoms with Crippen LogP contribution < -0.4 is 11.1 Å². The number of carbonyl (C=O) groups is 1. The minimum atomic E-state index is 0.0340. The van der Waals surface area contributed by atoms with Gasteiger partial charge in [-0.1, -0.05) is 13.8 Å². The Bertz CT molecular complexity index is 621. The lowest BCUT2D eigenvalue weighted by Gasteiger charge is -2.16. The van der Waals surface area contributed by atoms with Gasteiger partial charge in [0.1, 0.15) is 0 Å². The summed E-state index contributed by atoms with van der Waals surface area (Å²) in [6, 6.07) is 5.83. The molecule has 4 nitrogen and oxygen atoms in total. The van der Waals surface area contributed by atoms with E-state index in [9.17, 15) is 4.79 Å². The van der Waals surface area contributed by atoms with Crippen molar-refractivity contribution >= 4 is 33.1 Å². The molecule has 0 radical (unpaired) electrons. The van der Waals surface area contributed by atoms with Crippen molar-refractivity contribution in [3.63, 3.8) is 0 Å². The molecule has 21 heavy (non-hydrogen) atoms. The molecule has 1 amide bonds. The summed E-state index contributed by atoms with van der Waals surface area (Å²) < 4.78 is 1.10. The molecule has 1 unspecified atom stereocenters. The second-order valence-electron chi connectivity index (χ2n) is 5.90. The number of amides is 1. The first kappa shape index (κ1) is 15.9. The minimum absolute atomic E-state index is 0.0340. The first-order valence-corrected chi connectivity index (χ1v) is 8.16. The first-order chi connectivity index (χ1) is 9.97. The van der Waals surface area contributed by atoms with E-state index in [4.69, 9.17) is 5.73 Å². The summed E-state index contributed by atoms with van der Waals surface area (Å²) in [5, 5.41) is 4.00. The Labute approximate surface area is 129 Å². The van der Waals surface area contributed by atoms with Crippen molar-refractivity contribution in [1.29, 1.82) is 0 Å². The SMILES string of the molecule is Cc1nc2ccc(NC(=O)CC(CN)CC(C)C)cc2s1. The van der Waals surface area contributed by atoms with Gasteiger partial charge in [-0.15, -0.1) is 11.3 Å². The van der Waals surface area contributed by atoms with Crippen LogP contribution in [0.3, 0.4) is 0 Å². The maximum Gasteiger partial charge on any atom is 0.224 e. The van der Waals surface area contributed by atoms with E-state index in [1.165, 1.54) is 0 Å². The molecule has 5 heteroatoms. The number of fused-ring (bicyclic) bond motifs is 1. The van der Waals surface area contributed by atoms with Gasteiger partial charge in [0, 0.05) is 12.1 Å². The molecule has 0 aliphatic heterocycles. The molecule has 114 valence electrons. The van der Waals surface area contributed by atoms with E-state index in [-0.39, 0.29) is 11.8 Å². The van der Waals surface area contributed by atoms with Gasteiger partial charge in [0.25, 0.3) is 0 Å². The van der Waals surface area contributed by atoms with Crippen LogP contribution in [0.2, 0.25) is 0 Å². The standard InChI is InChI=1S/C16H23N3OS/c1-10(2)6-12(9-17)7-16(20)19-13-4-5-14-15(8-13)21-11(3)18-14/h4-5,8,10,12H,6-7,9,17H2,1-3H3,(H,19,20). The third-order valence-corrected chi connectivity index (χ3v) is 4.32. The van der Waals surface area contributed by atoms with Crippen LogP contribution in [0.5, 0.6) is 0 Å². The zero-order valence-electron chi connectivity index (χ0n) is 12.8. The summed E-state index contributed by atoms with van der Waals surface area (Å²) in [6.07, 6.45) is 1.46.